The maximum atomic E-state index is 14.1. The standard InChI is InChI=1S/C29H29ClF3N8O5P/c1-3-45-47(43)12-17-4-5-22(20(30)8-17)39-27-35-10-19(29(31,32)33)25(40-27)38-23-7-6-21(37-24(23)26(42)34-2)18-9-36-41(11-18)13-28(16-46-47)14-44-15-28/h4-11H,3,12-16H2,1-2H3,(H,34,42)(H2,35,38,39,40). The van der Waals surface area contributed by atoms with Crippen LogP contribution in [0.2, 0.25) is 5.02 Å². The Kier molecular flexibility index (Phi) is 8.98. The lowest BCUT2D eigenvalue weighted by molar-refractivity contribution is -0.142. The second-order valence-corrected chi connectivity index (χ2v) is 13.5. The molecule has 0 saturated carbocycles. The Balaban J connectivity index is 1.46. The number of rotatable bonds is 3. The number of alkyl halides is 3. The van der Waals surface area contributed by atoms with Crippen LogP contribution in [0, 0.1) is 5.41 Å². The first kappa shape index (κ1) is 32.8. The lowest BCUT2D eigenvalue weighted by atomic mass is 9.87. The summed E-state index contributed by atoms with van der Waals surface area (Å²) in [4.78, 5) is 25.3. The summed E-state index contributed by atoms with van der Waals surface area (Å²) < 4.78 is 74.8. The van der Waals surface area contributed by atoms with Gasteiger partial charge in [-0.2, -0.15) is 23.3 Å². The summed E-state index contributed by atoms with van der Waals surface area (Å²) in [5.74, 6) is -1.49. The number of carbonyl (C=O) groups excluding carboxylic acids is 1. The summed E-state index contributed by atoms with van der Waals surface area (Å²) in [7, 11) is -2.28. The number of benzene rings is 1. The van der Waals surface area contributed by atoms with Gasteiger partial charge in [0.05, 0.1) is 72.8 Å². The highest BCUT2D eigenvalue weighted by molar-refractivity contribution is 7.53. The Labute approximate surface area is 271 Å². The van der Waals surface area contributed by atoms with E-state index in [2.05, 4.69) is 36.0 Å². The van der Waals surface area contributed by atoms with Crippen LogP contribution in [0.4, 0.5) is 36.3 Å². The normalized spacial score (nSPS) is 19.2. The SMILES string of the molecule is CCOP1(=O)Cc2ccc(c(Cl)c2)Nc2ncc(C(F)(F)F)c(n2)Nc2ccc(nc2C(=O)NC)-c2cnn(c2)CC2(COC2)CO1. The van der Waals surface area contributed by atoms with E-state index in [-0.39, 0.29) is 47.4 Å². The number of anilines is 4. The summed E-state index contributed by atoms with van der Waals surface area (Å²) in [6, 6.07) is 7.71. The molecule has 3 aromatic heterocycles. The molecule has 4 aromatic rings. The van der Waals surface area contributed by atoms with Gasteiger partial charge in [0.1, 0.15) is 11.4 Å². The molecule has 47 heavy (non-hydrogen) atoms. The summed E-state index contributed by atoms with van der Waals surface area (Å²) >= 11 is 6.53. The summed E-state index contributed by atoms with van der Waals surface area (Å²) in [6.07, 6.45) is -1.03. The minimum atomic E-state index is -4.83. The molecule has 1 amide bonds. The molecule has 1 atom stereocenters. The second kappa shape index (κ2) is 12.8. The molecule has 0 aliphatic carbocycles. The average molecular weight is 693 g/mol. The molecule has 0 radical (unpaired) electrons. The van der Waals surface area contributed by atoms with E-state index in [0.717, 1.165) is 0 Å². The number of hydrogen-bond donors (Lipinski definition) is 3. The number of carbonyl (C=O) groups is 1. The van der Waals surface area contributed by atoms with Crippen LogP contribution < -0.4 is 16.0 Å². The first-order valence-electron chi connectivity index (χ1n) is 14.4. The fraction of sp³-hybridized carbons (Fsp3) is 0.345. The van der Waals surface area contributed by atoms with E-state index in [0.29, 0.717) is 42.8 Å². The number of halogens is 4. The smallest absolute Gasteiger partial charge is 0.380 e. The Hall–Kier alpha value is -4.08. The zero-order chi connectivity index (χ0) is 33.4. The molecule has 9 rings (SSSR count). The van der Waals surface area contributed by atoms with Crippen molar-refractivity contribution in [2.45, 2.75) is 25.8 Å². The fourth-order valence-corrected chi connectivity index (χ4v) is 7.10. The Morgan fingerprint density at radius 2 is 1.94 bits per heavy atom. The minimum absolute atomic E-state index is 0.0263. The number of ether oxygens (including phenoxy) is 1. The van der Waals surface area contributed by atoms with Crippen LogP contribution in [0.1, 0.15) is 28.5 Å². The topological polar surface area (TPSA) is 154 Å². The van der Waals surface area contributed by atoms with Crippen LogP contribution in [0.15, 0.2) is 48.9 Å². The molecule has 8 bridgehead atoms. The molecule has 248 valence electrons. The first-order chi connectivity index (χ1) is 22.4. The van der Waals surface area contributed by atoms with E-state index in [9.17, 15) is 22.5 Å². The molecule has 1 spiro atoms. The van der Waals surface area contributed by atoms with Crippen LogP contribution in [0.5, 0.6) is 0 Å². The molecular weight excluding hydrogens is 664 g/mol. The number of nitrogens with zero attached hydrogens (tertiary/aromatic N) is 5. The van der Waals surface area contributed by atoms with Gasteiger partial charge in [0.2, 0.25) is 5.95 Å². The van der Waals surface area contributed by atoms with Crippen molar-refractivity contribution >= 4 is 48.2 Å². The number of nitrogens with one attached hydrogen (secondary N) is 3. The minimum Gasteiger partial charge on any atom is -0.380 e. The van der Waals surface area contributed by atoms with Gasteiger partial charge < -0.3 is 29.7 Å². The molecular formula is C29H29ClF3N8O5P. The Morgan fingerprint density at radius 3 is 2.62 bits per heavy atom. The van der Waals surface area contributed by atoms with Crippen molar-refractivity contribution in [3.63, 3.8) is 0 Å². The molecule has 1 saturated heterocycles. The maximum Gasteiger partial charge on any atom is 0.421 e. The first-order valence-corrected chi connectivity index (χ1v) is 16.5. The van der Waals surface area contributed by atoms with E-state index < -0.39 is 36.5 Å². The lowest BCUT2D eigenvalue weighted by Crippen LogP contribution is -2.49. The zero-order valence-corrected chi connectivity index (χ0v) is 26.7. The zero-order valence-electron chi connectivity index (χ0n) is 25.1. The van der Waals surface area contributed by atoms with Gasteiger partial charge in [0.25, 0.3) is 5.91 Å². The summed E-state index contributed by atoms with van der Waals surface area (Å²) in [5.41, 5.74) is -0.214. The molecule has 5 aliphatic rings. The quantitative estimate of drug-likeness (QED) is 0.216. The largest absolute Gasteiger partial charge is 0.421 e. The van der Waals surface area contributed by atoms with Crippen LogP contribution in [-0.4, -0.2) is 64.1 Å². The predicted molar refractivity (Wildman–Crippen MR) is 166 cm³/mol. The highest BCUT2D eigenvalue weighted by Gasteiger charge is 2.42. The lowest BCUT2D eigenvalue weighted by Gasteiger charge is -2.41. The van der Waals surface area contributed by atoms with Gasteiger partial charge in [0, 0.05) is 25.0 Å². The summed E-state index contributed by atoms with van der Waals surface area (Å²) in [6.45, 7) is 2.94. The van der Waals surface area contributed by atoms with Gasteiger partial charge in [-0.3, -0.25) is 14.0 Å². The average Bonchev–Trinajstić information content (AvgIpc) is 3.47. The molecule has 18 heteroatoms. The van der Waals surface area contributed by atoms with Crippen molar-refractivity contribution in [1.82, 2.24) is 30.0 Å². The van der Waals surface area contributed by atoms with Crippen molar-refractivity contribution < 1.29 is 36.3 Å². The fourth-order valence-electron chi connectivity index (χ4n) is 5.08. The third-order valence-corrected chi connectivity index (χ3v) is 9.72. The van der Waals surface area contributed by atoms with Crippen LogP contribution in [0.3, 0.4) is 0 Å². The molecule has 1 aromatic carbocycles. The van der Waals surface area contributed by atoms with Crippen molar-refractivity contribution in [3.8, 4) is 11.3 Å². The molecule has 5 aliphatic heterocycles. The van der Waals surface area contributed by atoms with Crippen molar-refractivity contribution in [2.75, 3.05) is 44.1 Å². The van der Waals surface area contributed by atoms with Crippen molar-refractivity contribution in [3.05, 3.63) is 70.8 Å². The van der Waals surface area contributed by atoms with Gasteiger partial charge in [-0.1, -0.05) is 17.7 Å². The Bertz CT molecular complexity index is 1870. The molecule has 1 fully saturated rings. The van der Waals surface area contributed by atoms with Crippen molar-refractivity contribution in [2.24, 2.45) is 5.41 Å². The third-order valence-electron chi connectivity index (χ3n) is 7.48. The highest BCUT2D eigenvalue weighted by atomic mass is 35.5. The number of amides is 1. The van der Waals surface area contributed by atoms with E-state index >= 15 is 0 Å². The van der Waals surface area contributed by atoms with Gasteiger partial charge in [0.15, 0.2) is 5.69 Å². The highest BCUT2D eigenvalue weighted by Crippen LogP contribution is 2.53. The molecule has 13 nitrogen and oxygen atoms in total. The number of aromatic nitrogens is 5. The van der Waals surface area contributed by atoms with Gasteiger partial charge in [-0.05, 0) is 36.8 Å². The number of hydrogen-bond acceptors (Lipinski definition) is 11. The Morgan fingerprint density at radius 1 is 1.15 bits per heavy atom. The monoisotopic (exact) mass is 692 g/mol. The second-order valence-electron chi connectivity index (χ2n) is 11.1. The van der Waals surface area contributed by atoms with E-state index in [1.54, 1.807) is 48.3 Å². The number of pyridine rings is 1. The maximum absolute atomic E-state index is 14.1. The third kappa shape index (κ3) is 7.11. The van der Waals surface area contributed by atoms with Gasteiger partial charge >= 0.3 is 13.8 Å². The van der Waals surface area contributed by atoms with E-state index in [1.165, 1.54) is 13.1 Å². The van der Waals surface area contributed by atoms with Gasteiger partial charge in [-0.15, -0.1) is 0 Å². The predicted octanol–water partition coefficient (Wildman–Crippen LogP) is 6.03. The van der Waals surface area contributed by atoms with Crippen LogP contribution in [0.25, 0.3) is 11.3 Å². The van der Waals surface area contributed by atoms with Crippen molar-refractivity contribution in [1.29, 1.82) is 0 Å². The molecule has 3 N–H and O–H groups in total. The molecule has 8 heterocycles. The van der Waals surface area contributed by atoms with Crippen LogP contribution in [-0.2, 0) is 37.2 Å². The molecule has 1 unspecified atom stereocenters. The van der Waals surface area contributed by atoms with E-state index in [4.69, 9.17) is 25.4 Å². The van der Waals surface area contributed by atoms with Crippen LogP contribution >= 0.6 is 19.2 Å². The summed E-state index contributed by atoms with van der Waals surface area (Å²) in [5, 5.41) is 12.5. The van der Waals surface area contributed by atoms with Gasteiger partial charge in [-0.25, -0.2) is 9.97 Å². The van der Waals surface area contributed by atoms with E-state index in [1.807, 2.05) is 0 Å².